The molecule has 0 bridgehead atoms. The number of para-hydroxylation sites is 1. The second kappa shape index (κ2) is 9.39. The standard InChI is InChI=1S/C20H26N2O6S/c23-18-9-5-2-6-11-21(18)13-20(25)28-14-19(24)22(16-7-3-1-4-8-16)17-10-12-29(26,27)15-17/h1,3-4,7-8,17H,2,5-6,9-15H2/t17-/m0/s1. The first kappa shape index (κ1) is 21.3. The molecule has 158 valence electrons. The van der Waals surface area contributed by atoms with Crippen LogP contribution in [0.1, 0.15) is 32.1 Å². The van der Waals surface area contributed by atoms with Gasteiger partial charge in [-0.1, -0.05) is 24.6 Å². The molecule has 2 aliphatic heterocycles. The van der Waals surface area contributed by atoms with Crippen LogP contribution in [0.15, 0.2) is 30.3 Å². The predicted molar refractivity (Wildman–Crippen MR) is 107 cm³/mol. The molecule has 0 aliphatic carbocycles. The van der Waals surface area contributed by atoms with Crippen molar-refractivity contribution in [1.29, 1.82) is 0 Å². The molecule has 2 heterocycles. The van der Waals surface area contributed by atoms with E-state index in [4.69, 9.17) is 4.74 Å². The number of amides is 2. The van der Waals surface area contributed by atoms with Crippen LogP contribution in [0.2, 0.25) is 0 Å². The van der Waals surface area contributed by atoms with E-state index in [1.165, 1.54) is 9.80 Å². The zero-order valence-electron chi connectivity index (χ0n) is 16.3. The fourth-order valence-electron chi connectivity index (χ4n) is 3.75. The van der Waals surface area contributed by atoms with E-state index >= 15 is 0 Å². The van der Waals surface area contributed by atoms with E-state index in [0.717, 1.165) is 19.3 Å². The Bertz CT molecular complexity index is 855. The highest BCUT2D eigenvalue weighted by Crippen LogP contribution is 2.24. The van der Waals surface area contributed by atoms with Gasteiger partial charge in [-0.05, 0) is 31.4 Å². The molecule has 0 spiro atoms. The fourth-order valence-corrected chi connectivity index (χ4v) is 5.44. The molecular formula is C20H26N2O6S. The van der Waals surface area contributed by atoms with E-state index in [0.29, 0.717) is 25.1 Å². The minimum atomic E-state index is -3.19. The van der Waals surface area contributed by atoms with Gasteiger partial charge in [-0.15, -0.1) is 0 Å². The Kier molecular flexibility index (Phi) is 6.89. The van der Waals surface area contributed by atoms with Crippen molar-refractivity contribution in [3.63, 3.8) is 0 Å². The molecular weight excluding hydrogens is 396 g/mol. The normalized spacial score (nSPS) is 21.4. The van der Waals surface area contributed by atoms with Gasteiger partial charge in [0.15, 0.2) is 16.4 Å². The second-order valence-corrected chi connectivity index (χ2v) is 9.67. The summed E-state index contributed by atoms with van der Waals surface area (Å²) in [6.07, 6.45) is 3.38. The second-order valence-electron chi connectivity index (χ2n) is 7.44. The number of sulfone groups is 1. The van der Waals surface area contributed by atoms with Gasteiger partial charge in [0, 0.05) is 18.7 Å². The molecule has 0 N–H and O–H groups in total. The maximum atomic E-state index is 12.8. The Morgan fingerprint density at radius 1 is 1.14 bits per heavy atom. The number of esters is 1. The molecule has 2 amide bonds. The summed E-state index contributed by atoms with van der Waals surface area (Å²) in [6.45, 7) is -0.153. The molecule has 9 heteroatoms. The number of likely N-dealkylation sites (tertiary alicyclic amines) is 1. The molecule has 29 heavy (non-hydrogen) atoms. The van der Waals surface area contributed by atoms with Crippen molar-refractivity contribution in [2.75, 3.05) is 36.1 Å². The summed E-state index contributed by atoms with van der Waals surface area (Å²) < 4.78 is 28.9. The highest BCUT2D eigenvalue weighted by molar-refractivity contribution is 7.91. The number of rotatable bonds is 6. The Hall–Kier alpha value is -2.42. The maximum absolute atomic E-state index is 12.8. The number of carbonyl (C=O) groups is 3. The van der Waals surface area contributed by atoms with E-state index in [9.17, 15) is 22.8 Å². The number of hydrogen-bond donors (Lipinski definition) is 0. The quantitative estimate of drug-likeness (QED) is 0.638. The van der Waals surface area contributed by atoms with Crippen molar-refractivity contribution in [2.24, 2.45) is 0 Å². The van der Waals surface area contributed by atoms with Gasteiger partial charge < -0.3 is 14.5 Å². The van der Waals surface area contributed by atoms with Crippen LogP contribution in [0, 0.1) is 0 Å². The smallest absolute Gasteiger partial charge is 0.326 e. The minimum Gasteiger partial charge on any atom is -0.454 e. The lowest BCUT2D eigenvalue weighted by atomic mass is 10.2. The molecule has 0 radical (unpaired) electrons. The molecule has 0 unspecified atom stereocenters. The van der Waals surface area contributed by atoms with Gasteiger partial charge in [0.25, 0.3) is 5.91 Å². The molecule has 1 atom stereocenters. The van der Waals surface area contributed by atoms with Crippen molar-refractivity contribution in [3.8, 4) is 0 Å². The maximum Gasteiger partial charge on any atom is 0.326 e. The Labute approximate surface area is 170 Å². The van der Waals surface area contributed by atoms with Gasteiger partial charge in [0.05, 0.1) is 17.5 Å². The molecule has 2 aliphatic rings. The van der Waals surface area contributed by atoms with E-state index in [-0.39, 0.29) is 24.0 Å². The van der Waals surface area contributed by atoms with Crippen molar-refractivity contribution in [3.05, 3.63) is 30.3 Å². The molecule has 0 saturated carbocycles. The predicted octanol–water partition coefficient (Wildman–Crippen LogP) is 1.15. The summed E-state index contributed by atoms with van der Waals surface area (Å²) in [5.41, 5.74) is 0.568. The topological polar surface area (TPSA) is 101 Å². The first-order chi connectivity index (χ1) is 13.9. The number of ether oxygens (including phenoxy) is 1. The molecule has 0 aromatic heterocycles. The fraction of sp³-hybridized carbons (Fsp3) is 0.550. The molecule has 2 fully saturated rings. The summed E-state index contributed by atoms with van der Waals surface area (Å²) in [7, 11) is -3.19. The average molecular weight is 423 g/mol. The van der Waals surface area contributed by atoms with Crippen LogP contribution in [0.5, 0.6) is 0 Å². The lowest BCUT2D eigenvalue weighted by Crippen LogP contribution is -2.44. The Morgan fingerprint density at radius 2 is 1.90 bits per heavy atom. The first-order valence-corrected chi connectivity index (χ1v) is 11.7. The van der Waals surface area contributed by atoms with E-state index in [1.54, 1.807) is 30.3 Å². The van der Waals surface area contributed by atoms with Crippen LogP contribution < -0.4 is 4.90 Å². The van der Waals surface area contributed by atoms with Gasteiger partial charge in [0.2, 0.25) is 5.91 Å². The van der Waals surface area contributed by atoms with E-state index < -0.39 is 34.4 Å². The lowest BCUT2D eigenvalue weighted by Gasteiger charge is -2.28. The van der Waals surface area contributed by atoms with E-state index in [2.05, 4.69) is 0 Å². The number of carbonyl (C=O) groups excluding carboxylic acids is 3. The number of benzene rings is 1. The number of anilines is 1. The summed E-state index contributed by atoms with van der Waals surface area (Å²) >= 11 is 0. The Balaban J connectivity index is 1.62. The third-order valence-electron chi connectivity index (χ3n) is 5.22. The monoisotopic (exact) mass is 422 g/mol. The molecule has 1 aromatic rings. The van der Waals surface area contributed by atoms with Gasteiger partial charge >= 0.3 is 5.97 Å². The molecule has 8 nitrogen and oxygen atoms in total. The summed E-state index contributed by atoms with van der Waals surface area (Å²) in [5.74, 6) is -1.27. The molecule has 3 rings (SSSR count). The zero-order chi connectivity index (χ0) is 20.9. The van der Waals surface area contributed by atoms with Gasteiger partial charge in [-0.25, -0.2) is 8.42 Å². The summed E-state index contributed by atoms with van der Waals surface area (Å²) in [4.78, 5) is 39.9. The minimum absolute atomic E-state index is 0.0329. The van der Waals surface area contributed by atoms with Crippen LogP contribution in [-0.4, -0.2) is 68.3 Å². The van der Waals surface area contributed by atoms with Crippen LogP contribution in [0.3, 0.4) is 0 Å². The summed E-state index contributed by atoms with van der Waals surface area (Å²) in [6, 6.07) is 8.28. The van der Waals surface area contributed by atoms with Crippen LogP contribution >= 0.6 is 0 Å². The van der Waals surface area contributed by atoms with Gasteiger partial charge in [-0.2, -0.15) is 0 Å². The highest BCUT2D eigenvalue weighted by atomic mass is 32.2. The van der Waals surface area contributed by atoms with Crippen LogP contribution in [0.25, 0.3) is 0 Å². The van der Waals surface area contributed by atoms with Crippen LogP contribution in [0.4, 0.5) is 5.69 Å². The molecule has 2 saturated heterocycles. The SMILES string of the molecule is O=C(CN1CCCCCC1=O)OCC(=O)N(c1ccccc1)[C@H]1CCS(=O)(=O)C1. The van der Waals surface area contributed by atoms with Crippen molar-refractivity contribution < 1.29 is 27.5 Å². The van der Waals surface area contributed by atoms with Crippen LogP contribution in [-0.2, 0) is 29.0 Å². The highest BCUT2D eigenvalue weighted by Gasteiger charge is 2.35. The van der Waals surface area contributed by atoms with Crippen molar-refractivity contribution >= 4 is 33.3 Å². The van der Waals surface area contributed by atoms with Crippen molar-refractivity contribution in [1.82, 2.24) is 4.90 Å². The largest absolute Gasteiger partial charge is 0.454 e. The zero-order valence-corrected chi connectivity index (χ0v) is 17.1. The van der Waals surface area contributed by atoms with Gasteiger partial charge in [0.1, 0.15) is 6.54 Å². The number of nitrogens with zero attached hydrogens (tertiary/aromatic N) is 2. The third kappa shape index (κ3) is 5.79. The molecule has 1 aromatic carbocycles. The van der Waals surface area contributed by atoms with Gasteiger partial charge in [-0.3, -0.25) is 14.4 Å². The first-order valence-electron chi connectivity index (χ1n) is 9.87. The lowest BCUT2D eigenvalue weighted by molar-refractivity contribution is -0.151. The summed E-state index contributed by atoms with van der Waals surface area (Å²) in [5, 5.41) is 0. The van der Waals surface area contributed by atoms with E-state index in [1.807, 2.05) is 0 Å². The number of hydrogen-bond acceptors (Lipinski definition) is 6. The average Bonchev–Trinajstić information content (AvgIpc) is 2.92. The van der Waals surface area contributed by atoms with Crippen molar-refractivity contribution in [2.45, 2.75) is 38.1 Å². The Morgan fingerprint density at radius 3 is 2.59 bits per heavy atom. The third-order valence-corrected chi connectivity index (χ3v) is 6.97.